The second kappa shape index (κ2) is 6.91. The van der Waals surface area contributed by atoms with Crippen molar-refractivity contribution in [2.75, 3.05) is 13.7 Å². The third kappa shape index (κ3) is 4.07. The normalized spacial score (nSPS) is 11.9. The molecule has 0 bridgehead atoms. The van der Waals surface area contributed by atoms with E-state index in [1.807, 2.05) is 13.0 Å². The zero-order valence-electron chi connectivity index (χ0n) is 10.3. The van der Waals surface area contributed by atoms with Gasteiger partial charge in [-0.25, -0.2) is 0 Å². The Bertz CT molecular complexity index is 365. The van der Waals surface area contributed by atoms with Crippen molar-refractivity contribution in [1.82, 2.24) is 5.32 Å². The van der Waals surface area contributed by atoms with Crippen molar-refractivity contribution < 1.29 is 14.6 Å². The van der Waals surface area contributed by atoms with Gasteiger partial charge in [0.1, 0.15) is 5.75 Å². The van der Waals surface area contributed by atoms with E-state index in [2.05, 4.69) is 5.32 Å². The molecule has 1 atom stereocenters. The number of amides is 1. The maximum absolute atomic E-state index is 11.8. The Kier molecular flexibility index (Phi) is 5.49. The number of carbonyl (C=O) groups is 1. The number of rotatable bonds is 6. The maximum Gasteiger partial charge on any atom is 0.255 e. The molecule has 4 nitrogen and oxygen atoms in total. The minimum Gasteiger partial charge on any atom is -0.496 e. The lowest BCUT2D eigenvalue weighted by Gasteiger charge is -2.10. The Morgan fingerprint density at radius 2 is 2.18 bits per heavy atom. The zero-order valence-corrected chi connectivity index (χ0v) is 10.3. The summed E-state index contributed by atoms with van der Waals surface area (Å²) in [5, 5.41) is 12.1. The van der Waals surface area contributed by atoms with Gasteiger partial charge in [0.2, 0.25) is 0 Å². The number of aliphatic hydroxyl groups excluding tert-OH is 1. The second-order valence-electron chi connectivity index (χ2n) is 3.81. The van der Waals surface area contributed by atoms with E-state index in [1.165, 1.54) is 7.11 Å². The van der Waals surface area contributed by atoms with Crippen molar-refractivity contribution in [1.29, 1.82) is 0 Å². The van der Waals surface area contributed by atoms with Crippen molar-refractivity contribution in [2.24, 2.45) is 0 Å². The van der Waals surface area contributed by atoms with Crippen LogP contribution in [0.3, 0.4) is 0 Å². The first-order chi connectivity index (χ1) is 8.19. The SMILES string of the molecule is CCC(O)CCNC(=O)c1ccccc1OC. The third-order valence-electron chi connectivity index (χ3n) is 2.59. The summed E-state index contributed by atoms with van der Waals surface area (Å²) >= 11 is 0. The molecule has 0 fully saturated rings. The Hall–Kier alpha value is -1.55. The molecule has 0 spiro atoms. The maximum atomic E-state index is 11.8. The summed E-state index contributed by atoms with van der Waals surface area (Å²) in [6.07, 6.45) is 0.912. The van der Waals surface area contributed by atoms with Gasteiger partial charge in [-0.1, -0.05) is 19.1 Å². The molecule has 0 aliphatic rings. The van der Waals surface area contributed by atoms with Crippen LogP contribution in [-0.2, 0) is 0 Å². The average Bonchev–Trinajstić information content (AvgIpc) is 2.38. The lowest BCUT2D eigenvalue weighted by Crippen LogP contribution is -2.27. The minimum absolute atomic E-state index is 0.175. The van der Waals surface area contributed by atoms with Crippen LogP contribution >= 0.6 is 0 Å². The Morgan fingerprint density at radius 3 is 2.82 bits per heavy atom. The van der Waals surface area contributed by atoms with E-state index in [0.717, 1.165) is 0 Å². The van der Waals surface area contributed by atoms with Crippen molar-refractivity contribution in [3.63, 3.8) is 0 Å². The molecule has 17 heavy (non-hydrogen) atoms. The van der Waals surface area contributed by atoms with E-state index in [-0.39, 0.29) is 12.0 Å². The van der Waals surface area contributed by atoms with E-state index < -0.39 is 0 Å². The average molecular weight is 237 g/mol. The van der Waals surface area contributed by atoms with Crippen molar-refractivity contribution in [3.05, 3.63) is 29.8 Å². The van der Waals surface area contributed by atoms with Gasteiger partial charge >= 0.3 is 0 Å². The zero-order chi connectivity index (χ0) is 12.7. The van der Waals surface area contributed by atoms with Gasteiger partial charge in [0.25, 0.3) is 5.91 Å². The monoisotopic (exact) mass is 237 g/mol. The lowest BCUT2D eigenvalue weighted by molar-refractivity contribution is 0.0939. The summed E-state index contributed by atoms with van der Waals surface area (Å²) in [4.78, 5) is 11.8. The quantitative estimate of drug-likeness (QED) is 0.790. The molecule has 0 aliphatic heterocycles. The Morgan fingerprint density at radius 1 is 1.47 bits per heavy atom. The van der Waals surface area contributed by atoms with E-state index in [4.69, 9.17) is 4.74 Å². The fourth-order valence-corrected chi connectivity index (χ4v) is 1.48. The minimum atomic E-state index is -0.354. The molecule has 1 aromatic rings. The van der Waals surface area contributed by atoms with E-state index >= 15 is 0 Å². The molecule has 0 aromatic heterocycles. The number of aliphatic hydroxyl groups is 1. The highest BCUT2D eigenvalue weighted by Crippen LogP contribution is 2.16. The smallest absolute Gasteiger partial charge is 0.255 e. The highest BCUT2D eigenvalue weighted by Gasteiger charge is 2.11. The van der Waals surface area contributed by atoms with Gasteiger partial charge in [-0.2, -0.15) is 0 Å². The van der Waals surface area contributed by atoms with E-state index in [0.29, 0.717) is 30.7 Å². The summed E-state index contributed by atoms with van der Waals surface area (Å²) in [5.41, 5.74) is 0.515. The molecule has 4 heteroatoms. The summed E-state index contributed by atoms with van der Waals surface area (Å²) in [5.74, 6) is 0.381. The van der Waals surface area contributed by atoms with Crippen LogP contribution in [-0.4, -0.2) is 30.8 Å². The highest BCUT2D eigenvalue weighted by atomic mass is 16.5. The fraction of sp³-hybridized carbons (Fsp3) is 0.462. The Labute approximate surface area is 102 Å². The number of para-hydroxylation sites is 1. The third-order valence-corrected chi connectivity index (χ3v) is 2.59. The first-order valence-electron chi connectivity index (χ1n) is 5.78. The molecular formula is C13H19NO3. The molecule has 94 valence electrons. The van der Waals surface area contributed by atoms with Crippen molar-refractivity contribution in [3.8, 4) is 5.75 Å². The second-order valence-corrected chi connectivity index (χ2v) is 3.81. The van der Waals surface area contributed by atoms with Gasteiger partial charge in [-0.15, -0.1) is 0 Å². The molecule has 2 N–H and O–H groups in total. The number of nitrogens with one attached hydrogen (secondary N) is 1. The largest absolute Gasteiger partial charge is 0.496 e. The molecule has 1 aromatic carbocycles. The van der Waals surface area contributed by atoms with Gasteiger partial charge in [0.15, 0.2) is 0 Å². The van der Waals surface area contributed by atoms with Crippen LogP contribution < -0.4 is 10.1 Å². The van der Waals surface area contributed by atoms with Crippen molar-refractivity contribution >= 4 is 5.91 Å². The van der Waals surface area contributed by atoms with Crippen LogP contribution in [0, 0.1) is 0 Å². The molecule has 0 aliphatic carbocycles. The molecule has 0 saturated heterocycles. The van der Waals surface area contributed by atoms with Crippen LogP contribution in [0.4, 0.5) is 0 Å². The number of hydrogen-bond acceptors (Lipinski definition) is 3. The number of carbonyl (C=O) groups excluding carboxylic acids is 1. The molecule has 0 heterocycles. The number of hydrogen-bond donors (Lipinski definition) is 2. The summed E-state index contributed by atoms with van der Waals surface area (Å²) < 4.78 is 5.10. The first-order valence-corrected chi connectivity index (χ1v) is 5.78. The molecule has 1 amide bonds. The van der Waals surface area contributed by atoms with Crippen molar-refractivity contribution in [2.45, 2.75) is 25.9 Å². The van der Waals surface area contributed by atoms with E-state index in [9.17, 15) is 9.90 Å². The molecular weight excluding hydrogens is 218 g/mol. The van der Waals surface area contributed by atoms with Gasteiger partial charge in [-0.05, 0) is 25.0 Å². The van der Waals surface area contributed by atoms with Crippen LogP contribution in [0.1, 0.15) is 30.1 Å². The summed E-state index contributed by atoms with van der Waals surface area (Å²) in [6.45, 7) is 2.37. The van der Waals surface area contributed by atoms with Crippen LogP contribution in [0.2, 0.25) is 0 Å². The number of ether oxygens (including phenoxy) is 1. The van der Waals surface area contributed by atoms with Gasteiger partial charge < -0.3 is 15.2 Å². The predicted molar refractivity (Wildman–Crippen MR) is 66.2 cm³/mol. The topological polar surface area (TPSA) is 58.6 Å². The van der Waals surface area contributed by atoms with Gasteiger partial charge in [-0.3, -0.25) is 4.79 Å². The predicted octanol–water partition coefficient (Wildman–Crippen LogP) is 1.59. The lowest BCUT2D eigenvalue weighted by atomic mass is 10.1. The highest BCUT2D eigenvalue weighted by molar-refractivity contribution is 5.96. The van der Waals surface area contributed by atoms with Crippen LogP contribution in [0.15, 0.2) is 24.3 Å². The van der Waals surface area contributed by atoms with Gasteiger partial charge in [0, 0.05) is 6.54 Å². The van der Waals surface area contributed by atoms with Crippen LogP contribution in [0.25, 0.3) is 0 Å². The van der Waals surface area contributed by atoms with Crippen LogP contribution in [0.5, 0.6) is 5.75 Å². The summed E-state index contributed by atoms with van der Waals surface area (Å²) in [7, 11) is 1.53. The Balaban J connectivity index is 2.52. The molecule has 1 rings (SSSR count). The van der Waals surface area contributed by atoms with Gasteiger partial charge in [0.05, 0.1) is 18.8 Å². The molecule has 0 radical (unpaired) electrons. The summed E-state index contributed by atoms with van der Waals surface area (Å²) in [6, 6.07) is 7.06. The van der Waals surface area contributed by atoms with E-state index in [1.54, 1.807) is 18.2 Å². The number of benzene rings is 1. The number of methoxy groups -OCH3 is 1. The molecule has 0 saturated carbocycles. The standard InChI is InChI=1S/C13H19NO3/c1-3-10(15)8-9-14-13(16)11-6-4-5-7-12(11)17-2/h4-7,10,15H,3,8-9H2,1-2H3,(H,14,16). The molecule has 1 unspecified atom stereocenters. The first kappa shape index (κ1) is 13.5. The fourth-order valence-electron chi connectivity index (χ4n) is 1.48.